The quantitative estimate of drug-likeness (QED) is 0.557. The highest BCUT2D eigenvalue weighted by Crippen LogP contribution is 2.30. The Kier molecular flexibility index (Phi) is 7.21. The lowest BCUT2D eigenvalue weighted by Gasteiger charge is -2.20. The first kappa shape index (κ1) is 21.0. The van der Waals surface area contributed by atoms with E-state index in [0.717, 1.165) is 5.56 Å². The molecular weight excluding hydrogens is 358 g/mol. The molecule has 0 radical (unpaired) electrons. The van der Waals surface area contributed by atoms with Crippen LogP contribution >= 0.6 is 0 Å². The zero-order valence-corrected chi connectivity index (χ0v) is 16.5. The van der Waals surface area contributed by atoms with E-state index in [4.69, 9.17) is 9.47 Å². The summed E-state index contributed by atoms with van der Waals surface area (Å²) in [7, 11) is 3.34. The minimum atomic E-state index is -0.650. The molecule has 2 rings (SSSR count). The molecule has 0 aliphatic heterocycles. The predicted molar refractivity (Wildman–Crippen MR) is 108 cm³/mol. The van der Waals surface area contributed by atoms with Gasteiger partial charge in [0.05, 0.1) is 6.61 Å². The fourth-order valence-electron chi connectivity index (χ4n) is 2.53. The molecular formula is C22H25NO5. The second kappa shape index (κ2) is 9.60. The Bertz CT molecular complexity index is 873. The molecule has 0 unspecified atom stereocenters. The molecule has 148 valence electrons. The maximum Gasteiger partial charge on any atom is 0.262 e. The van der Waals surface area contributed by atoms with Crippen molar-refractivity contribution in [1.29, 1.82) is 0 Å². The number of ketones is 1. The van der Waals surface area contributed by atoms with Crippen LogP contribution in [0.1, 0.15) is 29.8 Å². The van der Waals surface area contributed by atoms with Crippen molar-refractivity contribution < 1.29 is 24.2 Å². The summed E-state index contributed by atoms with van der Waals surface area (Å²) in [5.41, 5.74) is 1.15. The first-order valence-electron chi connectivity index (χ1n) is 8.98. The molecule has 6 heteroatoms. The van der Waals surface area contributed by atoms with Crippen LogP contribution in [-0.2, 0) is 4.79 Å². The lowest BCUT2D eigenvalue weighted by Crippen LogP contribution is -2.35. The SMILES string of the molecule is CCOc1cc(/C=C/C(=O)c2cccc(O)c2)ccc1O[C@@H](C)C(=O)N(C)C. The zero-order valence-electron chi connectivity index (χ0n) is 16.5. The molecule has 0 aromatic heterocycles. The van der Waals surface area contributed by atoms with E-state index in [0.29, 0.717) is 23.7 Å². The number of likely N-dealkylation sites (N-methyl/N-ethyl adjacent to an activating group) is 1. The second-order valence-corrected chi connectivity index (χ2v) is 6.38. The molecule has 1 amide bonds. The van der Waals surface area contributed by atoms with Gasteiger partial charge in [-0.05, 0) is 49.8 Å². The van der Waals surface area contributed by atoms with Crippen LogP contribution in [0.2, 0.25) is 0 Å². The molecule has 1 N–H and O–H groups in total. The van der Waals surface area contributed by atoms with Crippen molar-refractivity contribution in [1.82, 2.24) is 4.90 Å². The van der Waals surface area contributed by atoms with Crippen LogP contribution in [0, 0.1) is 0 Å². The van der Waals surface area contributed by atoms with Crippen LogP contribution in [0.25, 0.3) is 6.08 Å². The highest BCUT2D eigenvalue weighted by atomic mass is 16.5. The Labute approximate surface area is 165 Å². The summed E-state index contributed by atoms with van der Waals surface area (Å²) >= 11 is 0. The van der Waals surface area contributed by atoms with E-state index in [2.05, 4.69) is 0 Å². The normalized spacial score (nSPS) is 11.9. The molecule has 0 aliphatic carbocycles. The fourth-order valence-corrected chi connectivity index (χ4v) is 2.53. The van der Waals surface area contributed by atoms with Crippen molar-refractivity contribution >= 4 is 17.8 Å². The number of aromatic hydroxyl groups is 1. The van der Waals surface area contributed by atoms with Gasteiger partial charge in [-0.1, -0.05) is 24.3 Å². The van der Waals surface area contributed by atoms with Crippen LogP contribution in [0.3, 0.4) is 0 Å². The predicted octanol–water partition coefficient (Wildman–Crippen LogP) is 3.54. The van der Waals surface area contributed by atoms with Gasteiger partial charge in [-0.2, -0.15) is 0 Å². The van der Waals surface area contributed by atoms with E-state index in [1.54, 1.807) is 57.4 Å². The van der Waals surface area contributed by atoms with Gasteiger partial charge in [0.25, 0.3) is 5.91 Å². The fraction of sp³-hybridized carbons (Fsp3) is 0.273. The van der Waals surface area contributed by atoms with Crippen molar-refractivity contribution in [2.24, 2.45) is 0 Å². The van der Waals surface area contributed by atoms with Crippen molar-refractivity contribution in [3.8, 4) is 17.2 Å². The number of hydrogen-bond donors (Lipinski definition) is 1. The van der Waals surface area contributed by atoms with Crippen LogP contribution in [-0.4, -0.2) is 48.5 Å². The number of hydrogen-bond acceptors (Lipinski definition) is 5. The Morgan fingerprint density at radius 3 is 2.54 bits per heavy atom. The average Bonchev–Trinajstić information content (AvgIpc) is 2.67. The largest absolute Gasteiger partial charge is 0.508 e. The number of phenols is 1. The van der Waals surface area contributed by atoms with Gasteiger partial charge in [-0.3, -0.25) is 9.59 Å². The monoisotopic (exact) mass is 383 g/mol. The van der Waals surface area contributed by atoms with Crippen LogP contribution in [0.5, 0.6) is 17.2 Å². The molecule has 0 heterocycles. The molecule has 2 aromatic rings. The second-order valence-electron chi connectivity index (χ2n) is 6.38. The maximum atomic E-state index is 12.2. The summed E-state index contributed by atoms with van der Waals surface area (Å²) < 4.78 is 11.4. The highest BCUT2D eigenvalue weighted by molar-refractivity contribution is 6.07. The van der Waals surface area contributed by atoms with Gasteiger partial charge >= 0.3 is 0 Å². The van der Waals surface area contributed by atoms with E-state index in [1.807, 2.05) is 6.92 Å². The van der Waals surface area contributed by atoms with Gasteiger partial charge in [0, 0.05) is 19.7 Å². The lowest BCUT2D eigenvalue weighted by molar-refractivity contribution is -0.135. The van der Waals surface area contributed by atoms with Crippen LogP contribution < -0.4 is 9.47 Å². The number of rotatable bonds is 8. The topological polar surface area (TPSA) is 76.1 Å². The van der Waals surface area contributed by atoms with Crippen LogP contribution in [0.4, 0.5) is 0 Å². The number of amides is 1. The summed E-state index contributed by atoms with van der Waals surface area (Å²) in [6.07, 6.45) is 2.44. The number of nitrogens with zero attached hydrogens (tertiary/aromatic N) is 1. The number of ether oxygens (including phenoxy) is 2. The first-order chi connectivity index (χ1) is 13.3. The molecule has 2 aromatic carbocycles. The van der Waals surface area contributed by atoms with Gasteiger partial charge < -0.3 is 19.5 Å². The number of carbonyl (C=O) groups is 2. The number of allylic oxidation sites excluding steroid dienone is 1. The number of phenolic OH excluding ortho intramolecular Hbond substituents is 1. The summed E-state index contributed by atoms with van der Waals surface area (Å²) in [5.74, 6) is 0.622. The van der Waals surface area contributed by atoms with Gasteiger partial charge in [0.2, 0.25) is 0 Å². The molecule has 6 nitrogen and oxygen atoms in total. The van der Waals surface area contributed by atoms with Crippen molar-refractivity contribution in [2.45, 2.75) is 20.0 Å². The van der Waals surface area contributed by atoms with E-state index in [-0.39, 0.29) is 17.4 Å². The minimum Gasteiger partial charge on any atom is -0.508 e. The van der Waals surface area contributed by atoms with Crippen LogP contribution in [0.15, 0.2) is 48.5 Å². The summed E-state index contributed by atoms with van der Waals surface area (Å²) in [4.78, 5) is 25.7. The third-order valence-electron chi connectivity index (χ3n) is 3.92. The van der Waals surface area contributed by atoms with E-state index in [1.165, 1.54) is 23.1 Å². The highest BCUT2D eigenvalue weighted by Gasteiger charge is 2.18. The first-order valence-corrected chi connectivity index (χ1v) is 8.98. The molecule has 0 fully saturated rings. The Hall–Kier alpha value is -3.28. The smallest absolute Gasteiger partial charge is 0.262 e. The van der Waals surface area contributed by atoms with Gasteiger partial charge in [0.1, 0.15) is 5.75 Å². The summed E-state index contributed by atoms with van der Waals surface area (Å²) in [5, 5.41) is 9.48. The average molecular weight is 383 g/mol. The Morgan fingerprint density at radius 1 is 1.14 bits per heavy atom. The molecule has 0 aliphatic rings. The van der Waals surface area contributed by atoms with E-state index >= 15 is 0 Å². The van der Waals surface area contributed by atoms with Crippen molar-refractivity contribution in [3.63, 3.8) is 0 Å². The molecule has 0 saturated heterocycles. The van der Waals surface area contributed by atoms with Crippen molar-refractivity contribution in [3.05, 3.63) is 59.7 Å². The van der Waals surface area contributed by atoms with E-state index in [9.17, 15) is 14.7 Å². The molecule has 0 bridgehead atoms. The standard InChI is InChI=1S/C22H25NO5/c1-5-27-21-13-16(9-11-19(25)17-7-6-8-18(24)14-17)10-12-20(21)28-15(2)22(26)23(3)4/h6-15,24H,5H2,1-4H3/b11-9+/t15-/m0/s1. The maximum absolute atomic E-state index is 12.2. The number of carbonyl (C=O) groups excluding carboxylic acids is 2. The summed E-state index contributed by atoms with van der Waals surface area (Å²) in [6.45, 7) is 3.97. The van der Waals surface area contributed by atoms with Crippen molar-refractivity contribution in [2.75, 3.05) is 20.7 Å². The zero-order chi connectivity index (χ0) is 20.7. The minimum absolute atomic E-state index is 0.0424. The molecule has 28 heavy (non-hydrogen) atoms. The Balaban J connectivity index is 2.19. The third-order valence-corrected chi connectivity index (χ3v) is 3.92. The molecule has 1 atom stereocenters. The lowest BCUT2D eigenvalue weighted by atomic mass is 10.1. The number of benzene rings is 2. The third kappa shape index (κ3) is 5.61. The van der Waals surface area contributed by atoms with Gasteiger partial charge in [0.15, 0.2) is 23.4 Å². The van der Waals surface area contributed by atoms with Gasteiger partial charge in [-0.15, -0.1) is 0 Å². The van der Waals surface area contributed by atoms with E-state index < -0.39 is 6.10 Å². The molecule has 0 saturated carbocycles. The Morgan fingerprint density at radius 2 is 1.89 bits per heavy atom. The van der Waals surface area contributed by atoms with Gasteiger partial charge in [-0.25, -0.2) is 0 Å². The summed E-state index contributed by atoms with van der Waals surface area (Å²) in [6, 6.07) is 11.4. The molecule has 0 spiro atoms.